The molecule has 0 unspecified atom stereocenters. The summed E-state index contributed by atoms with van der Waals surface area (Å²) in [6.45, 7) is 34.1. The Labute approximate surface area is 430 Å². The Kier molecular flexibility index (Phi) is 12.8. The van der Waals surface area contributed by atoms with Gasteiger partial charge in [-0.15, -0.1) is 0 Å². The number of nitrogens with zero attached hydrogens (tertiary/aromatic N) is 3. The van der Waals surface area contributed by atoms with Crippen molar-refractivity contribution in [1.82, 2.24) is 14.5 Å². The van der Waals surface area contributed by atoms with E-state index in [0.717, 1.165) is 72.5 Å². The molecule has 0 atom stereocenters. The summed E-state index contributed by atoms with van der Waals surface area (Å²) in [5.41, 5.74) is 18.2. The lowest BCUT2D eigenvalue weighted by molar-refractivity contribution is 0.446. The van der Waals surface area contributed by atoms with E-state index in [1.807, 2.05) is 6.20 Å². The average molecular weight is 964 g/mol. The van der Waals surface area contributed by atoms with Crippen molar-refractivity contribution in [2.75, 3.05) is 0 Å². The summed E-state index contributed by atoms with van der Waals surface area (Å²) in [5, 5.41) is 14.1. The van der Waals surface area contributed by atoms with Crippen molar-refractivity contribution in [2.45, 2.75) is 124 Å². The van der Waals surface area contributed by atoms with Gasteiger partial charge in [-0.3, -0.25) is 9.55 Å². The van der Waals surface area contributed by atoms with Crippen LogP contribution >= 0.6 is 0 Å². The first-order valence-electron chi connectivity index (χ1n) is 25.7. The summed E-state index contributed by atoms with van der Waals surface area (Å²) in [7, 11) is -1.40. The number of pyridine rings is 1. The van der Waals surface area contributed by atoms with Crippen LogP contribution in [-0.2, 0) is 21.7 Å². The SMILES string of the molecule is CC(C)(C)c1cc(-c2cc(-c3cccc(-c4ccc([Si](C)(C)C)cc4)c3)ccn2)cc(-c2cccc3c2nc(-c2cc(C(C)(C)C)cc(C(C)(C)C)c2O)n3-c2ccc(C(C)(C)C)cc2-c2ccccc2)c1. The van der Waals surface area contributed by atoms with Crippen LogP contribution in [0.4, 0.5) is 0 Å². The van der Waals surface area contributed by atoms with Gasteiger partial charge >= 0.3 is 0 Å². The molecule has 72 heavy (non-hydrogen) atoms. The molecule has 366 valence electrons. The lowest BCUT2D eigenvalue weighted by Gasteiger charge is -2.28. The average Bonchev–Trinajstić information content (AvgIpc) is 3.72. The van der Waals surface area contributed by atoms with Crippen molar-refractivity contribution in [1.29, 1.82) is 0 Å². The number of para-hydroxylation sites is 1. The molecule has 0 radical (unpaired) electrons. The molecule has 0 amide bonds. The van der Waals surface area contributed by atoms with Crippen LogP contribution in [0.1, 0.15) is 105 Å². The minimum atomic E-state index is -1.40. The van der Waals surface area contributed by atoms with E-state index in [0.29, 0.717) is 11.4 Å². The molecular weight excluding hydrogens is 891 g/mol. The summed E-state index contributed by atoms with van der Waals surface area (Å²) < 4.78 is 2.30. The molecule has 9 aromatic rings. The van der Waals surface area contributed by atoms with Crippen LogP contribution in [0, 0.1) is 0 Å². The smallest absolute Gasteiger partial charge is 0.149 e. The lowest BCUT2D eigenvalue weighted by atomic mass is 9.79. The quantitative estimate of drug-likeness (QED) is 0.154. The summed E-state index contributed by atoms with van der Waals surface area (Å²) in [5.74, 6) is 0.956. The molecule has 0 saturated heterocycles. The van der Waals surface area contributed by atoms with Crippen molar-refractivity contribution in [3.8, 4) is 78.6 Å². The third kappa shape index (κ3) is 10.0. The zero-order valence-electron chi connectivity index (χ0n) is 45.4. The molecule has 1 N–H and O–H groups in total. The predicted octanol–water partition coefficient (Wildman–Crippen LogP) is 17.9. The molecule has 5 heteroatoms. The van der Waals surface area contributed by atoms with Crippen molar-refractivity contribution >= 4 is 24.3 Å². The fourth-order valence-corrected chi connectivity index (χ4v) is 11.0. The Bertz CT molecular complexity index is 3470. The number of fused-ring (bicyclic) bond motifs is 1. The van der Waals surface area contributed by atoms with Gasteiger partial charge in [0.25, 0.3) is 0 Å². The van der Waals surface area contributed by atoms with Crippen LogP contribution in [-0.4, -0.2) is 27.7 Å². The van der Waals surface area contributed by atoms with Gasteiger partial charge in [-0.2, -0.15) is 0 Å². The Balaban J connectivity index is 1.27. The largest absolute Gasteiger partial charge is 0.507 e. The van der Waals surface area contributed by atoms with Crippen molar-refractivity contribution in [2.24, 2.45) is 0 Å². The molecule has 0 saturated carbocycles. The van der Waals surface area contributed by atoms with Gasteiger partial charge in [-0.25, -0.2) is 4.98 Å². The molecule has 0 bridgehead atoms. The van der Waals surface area contributed by atoms with Gasteiger partial charge in [0.2, 0.25) is 0 Å². The number of aromatic nitrogens is 3. The molecule has 0 aliphatic carbocycles. The zero-order chi connectivity index (χ0) is 51.7. The van der Waals surface area contributed by atoms with Gasteiger partial charge in [0.15, 0.2) is 0 Å². The maximum atomic E-state index is 12.6. The van der Waals surface area contributed by atoms with Crippen LogP contribution < -0.4 is 5.19 Å². The second kappa shape index (κ2) is 18.3. The van der Waals surface area contributed by atoms with Gasteiger partial charge < -0.3 is 5.11 Å². The highest BCUT2D eigenvalue weighted by Crippen LogP contribution is 2.46. The predicted molar refractivity (Wildman–Crippen MR) is 311 cm³/mol. The van der Waals surface area contributed by atoms with Crippen molar-refractivity contribution in [3.63, 3.8) is 0 Å². The van der Waals surface area contributed by atoms with Crippen LogP contribution in [0.5, 0.6) is 5.75 Å². The Morgan fingerprint density at radius 1 is 0.431 bits per heavy atom. The van der Waals surface area contributed by atoms with E-state index in [2.05, 4.69) is 265 Å². The van der Waals surface area contributed by atoms with Gasteiger partial charge in [0, 0.05) is 28.5 Å². The first-order chi connectivity index (χ1) is 33.8. The van der Waals surface area contributed by atoms with Crippen LogP contribution in [0.25, 0.3) is 83.9 Å². The van der Waals surface area contributed by atoms with Crippen molar-refractivity contribution < 1.29 is 5.11 Å². The molecule has 0 aliphatic rings. The van der Waals surface area contributed by atoms with Gasteiger partial charge in [0.1, 0.15) is 11.6 Å². The molecule has 2 aromatic heterocycles. The van der Waals surface area contributed by atoms with E-state index in [-0.39, 0.29) is 27.4 Å². The van der Waals surface area contributed by atoms with Crippen molar-refractivity contribution in [3.05, 3.63) is 186 Å². The lowest BCUT2D eigenvalue weighted by Crippen LogP contribution is -2.37. The highest BCUT2D eigenvalue weighted by atomic mass is 28.3. The minimum Gasteiger partial charge on any atom is -0.507 e. The van der Waals surface area contributed by atoms with Crippen LogP contribution in [0.15, 0.2) is 164 Å². The maximum absolute atomic E-state index is 12.6. The van der Waals surface area contributed by atoms with Gasteiger partial charge in [-0.05, 0) is 126 Å². The second-order valence-electron chi connectivity index (χ2n) is 25.1. The monoisotopic (exact) mass is 964 g/mol. The number of benzene rings is 7. The number of imidazole rings is 1. The normalized spacial score (nSPS) is 12.7. The molecule has 9 rings (SSSR count). The van der Waals surface area contributed by atoms with E-state index < -0.39 is 8.07 Å². The summed E-state index contributed by atoms with van der Waals surface area (Å²) in [4.78, 5) is 10.8. The highest BCUT2D eigenvalue weighted by Gasteiger charge is 2.30. The van der Waals surface area contributed by atoms with E-state index in [9.17, 15) is 5.11 Å². The maximum Gasteiger partial charge on any atom is 0.149 e. The summed E-state index contributed by atoms with van der Waals surface area (Å²) in [6, 6.07) is 57.8. The number of phenols is 1. The number of phenolic OH excluding ortho intramolecular Hbond substituents is 1. The van der Waals surface area contributed by atoms with E-state index >= 15 is 0 Å². The van der Waals surface area contributed by atoms with Crippen LogP contribution in [0.2, 0.25) is 19.6 Å². The first kappa shape index (κ1) is 50.1. The number of rotatable bonds is 8. The second-order valence-corrected chi connectivity index (χ2v) is 30.2. The standard InChI is InChI=1S/C67H73N3OSi/c1-64(2,3)50-29-32-59(55(40-50)44-21-17-16-18-22-44)70-60-26-20-25-54(61(60)69-63(70)56-41-52(66(7,8)9)42-57(62(56)71)67(10,11)12)48-36-49(38-51(37-48)65(4,5)6)58-39-47(33-34-68-58)46-24-19-23-45(35-46)43-27-30-53(31-28-43)72(13,14)15/h16-42,71H,1-15H3. The van der Waals surface area contributed by atoms with Crippen LogP contribution in [0.3, 0.4) is 0 Å². The third-order valence-electron chi connectivity index (χ3n) is 14.3. The van der Waals surface area contributed by atoms with E-state index in [1.54, 1.807) is 0 Å². The minimum absolute atomic E-state index is 0.0792. The number of aromatic hydroxyl groups is 1. The number of hydrogen-bond donors (Lipinski definition) is 1. The van der Waals surface area contributed by atoms with Gasteiger partial charge in [-0.1, -0.05) is 211 Å². The fraction of sp³-hybridized carbons (Fsp3) is 0.284. The zero-order valence-corrected chi connectivity index (χ0v) is 46.4. The van der Waals surface area contributed by atoms with E-state index in [4.69, 9.17) is 9.97 Å². The third-order valence-corrected chi connectivity index (χ3v) is 16.4. The molecule has 0 fully saturated rings. The molecule has 7 aromatic carbocycles. The fourth-order valence-electron chi connectivity index (χ4n) is 9.79. The highest BCUT2D eigenvalue weighted by molar-refractivity contribution is 6.88. The molecular formula is C67H73N3OSi. The first-order valence-corrected chi connectivity index (χ1v) is 29.2. The molecule has 2 heterocycles. The molecule has 4 nitrogen and oxygen atoms in total. The van der Waals surface area contributed by atoms with Gasteiger partial charge in [0.05, 0.1) is 36.1 Å². The number of hydrogen-bond acceptors (Lipinski definition) is 3. The Morgan fingerprint density at radius 2 is 1.00 bits per heavy atom. The topological polar surface area (TPSA) is 50.9 Å². The summed E-state index contributed by atoms with van der Waals surface area (Å²) >= 11 is 0. The Hall–Kier alpha value is -6.82. The molecule has 0 spiro atoms. The molecule has 0 aliphatic heterocycles. The Morgan fingerprint density at radius 3 is 1.64 bits per heavy atom. The summed E-state index contributed by atoms with van der Waals surface area (Å²) in [6.07, 6.45) is 1.94. The van der Waals surface area contributed by atoms with E-state index in [1.165, 1.54) is 27.4 Å².